The topological polar surface area (TPSA) is 52.3 Å². The Labute approximate surface area is 96.6 Å². The first kappa shape index (κ1) is 12.6. The zero-order chi connectivity index (χ0) is 12.0. The molecule has 0 fully saturated rings. The second-order valence-corrected chi connectivity index (χ2v) is 4.04. The Bertz CT molecular complexity index is 332. The highest BCUT2D eigenvalue weighted by Crippen LogP contribution is 2.11. The van der Waals surface area contributed by atoms with Crippen molar-refractivity contribution in [3.8, 4) is 0 Å². The van der Waals surface area contributed by atoms with Crippen LogP contribution in [0.2, 0.25) is 0 Å². The van der Waals surface area contributed by atoms with Crippen LogP contribution in [0.3, 0.4) is 0 Å². The first-order valence-electron chi connectivity index (χ1n) is 5.64. The Morgan fingerprint density at radius 3 is 2.56 bits per heavy atom. The van der Waals surface area contributed by atoms with Gasteiger partial charge in [-0.3, -0.25) is 4.79 Å². The Morgan fingerprint density at radius 1 is 1.38 bits per heavy atom. The van der Waals surface area contributed by atoms with E-state index in [0.29, 0.717) is 6.61 Å². The van der Waals surface area contributed by atoms with Gasteiger partial charge in [0.1, 0.15) is 6.61 Å². The van der Waals surface area contributed by atoms with E-state index in [2.05, 4.69) is 6.92 Å². The lowest BCUT2D eigenvalue weighted by molar-refractivity contribution is -0.149. The number of ether oxygens (including phenoxy) is 1. The van der Waals surface area contributed by atoms with Crippen LogP contribution in [0.1, 0.15) is 32.3 Å². The van der Waals surface area contributed by atoms with Crippen LogP contribution in [-0.2, 0) is 16.1 Å². The average Bonchev–Trinajstić information content (AvgIpc) is 2.28. The van der Waals surface area contributed by atoms with Crippen molar-refractivity contribution < 1.29 is 9.53 Å². The van der Waals surface area contributed by atoms with E-state index in [1.807, 2.05) is 19.1 Å². The van der Waals surface area contributed by atoms with E-state index in [9.17, 15) is 4.79 Å². The third kappa shape index (κ3) is 3.93. The zero-order valence-electron chi connectivity index (χ0n) is 9.90. The Balaban J connectivity index is 2.39. The van der Waals surface area contributed by atoms with Crippen LogP contribution in [0.25, 0.3) is 0 Å². The molecule has 1 atom stereocenters. The second-order valence-electron chi connectivity index (χ2n) is 4.04. The molecular weight excluding hydrogens is 202 g/mol. The van der Waals surface area contributed by atoms with Crippen LogP contribution in [-0.4, -0.2) is 5.97 Å². The summed E-state index contributed by atoms with van der Waals surface area (Å²) in [5, 5.41) is 0. The molecule has 1 unspecified atom stereocenters. The van der Waals surface area contributed by atoms with Gasteiger partial charge < -0.3 is 10.5 Å². The maximum atomic E-state index is 11.5. The second kappa shape index (κ2) is 6.16. The summed E-state index contributed by atoms with van der Waals surface area (Å²) in [6, 6.07) is 7.34. The predicted octanol–water partition coefficient (Wildman–Crippen LogP) is 2.75. The summed E-state index contributed by atoms with van der Waals surface area (Å²) in [5.41, 5.74) is 7.24. The number of hydrogen-bond donors (Lipinski definition) is 1. The monoisotopic (exact) mass is 221 g/mol. The molecule has 0 aromatic heterocycles. The van der Waals surface area contributed by atoms with Gasteiger partial charge in [-0.25, -0.2) is 0 Å². The molecule has 3 heteroatoms. The van der Waals surface area contributed by atoms with Crippen molar-refractivity contribution in [2.24, 2.45) is 5.92 Å². The maximum absolute atomic E-state index is 11.5. The van der Waals surface area contributed by atoms with Crippen molar-refractivity contribution in [2.45, 2.75) is 33.3 Å². The highest BCUT2D eigenvalue weighted by atomic mass is 16.5. The van der Waals surface area contributed by atoms with E-state index < -0.39 is 0 Å². The standard InChI is InChI=1S/C13H19NO2/c1-3-4-10(2)13(15)16-9-11-5-7-12(14)8-6-11/h5-8,10H,3-4,9,14H2,1-2H3. The first-order valence-corrected chi connectivity index (χ1v) is 5.64. The third-order valence-electron chi connectivity index (χ3n) is 2.48. The van der Waals surface area contributed by atoms with E-state index in [0.717, 1.165) is 24.1 Å². The van der Waals surface area contributed by atoms with Crippen LogP contribution in [0.4, 0.5) is 5.69 Å². The lowest BCUT2D eigenvalue weighted by Crippen LogP contribution is -2.14. The van der Waals surface area contributed by atoms with Gasteiger partial charge in [-0.15, -0.1) is 0 Å². The number of carbonyl (C=O) groups excluding carboxylic acids is 1. The number of benzene rings is 1. The van der Waals surface area contributed by atoms with E-state index in [-0.39, 0.29) is 11.9 Å². The molecule has 88 valence electrons. The quantitative estimate of drug-likeness (QED) is 0.614. The molecule has 1 aromatic rings. The van der Waals surface area contributed by atoms with Crippen LogP contribution >= 0.6 is 0 Å². The van der Waals surface area contributed by atoms with Crippen LogP contribution in [0.5, 0.6) is 0 Å². The molecule has 0 saturated heterocycles. The van der Waals surface area contributed by atoms with Gasteiger partial charge in [-0.1, -0.05) is 32.4 Å². The molecule has 0 aliphatic heterocycles. The fourth-order valence-corrected chi connectivity index (χ4v) is 1.46. The highest BCUT2D eigenvalue weighted by molar-refractivity contribution is 5.71. The summed E-state index contributed by atoms with van der Waals surface area (Å²) in [7, 11) is 0. The number of anilines is 1. The average molecular weight is 221 g/mol. The van der Waals surface area contributed by atoms with Crippen molar-refractivity contribution in [3.05, 3.63) is 29.8 Å². The van der Waals surface area contributed by atoms with Crippen LogP contribution in [0, 0.1) is 5.92 Å². The van der Waals surface area contributed by atoms with E-state index >= 15 is 0 Å². The van der Waals surface area contributed by atoms with Gasteiger partial charge in [0.15, 0.2) is 0 Å². The molecule has 0 aliphatic carbocycles. The molecule has 0 radical (unpaired) electrons. The van der Waals surface area contributed by atoms with Crippen LogP contribution in [0.15, 0.2) is 24.3 Å². The summed E-state index contributed by atoms with van der Waals surface area (Å²) in [6.07, 6.45) is 1.87. The van der Waals surface area contributed by atoms with Gasteiger partial charge in [0.2, 0.25) is 0 Å². The largest absolute Gasteiger partial charge is 0.461 e. The molecule has 0 spiro atoms. The molecule has 2 N–H and O–H groups in total. The number of rotatable bonds is 5. The Kier molecular flexibility index (Phi) is 4.83. The first-order chi connectivity index (χ1) is 7.63. The SMILES string of the molecule is CCCC(C)C(=O)OCc1ccc(N)cc1. The summed E-state index contributed by atoms with van der Waals surface area (Å²) in [4.78, 5) is 11.5. The normalized spacial score (nSPS) is 12.1. The smallest absolute Gasteiger partial charge is 0.308 e. The molecule has 0 saturated carbocycles. The lowest BCUT2D eigenvalue weighted by atomic mass is 10.1. The molecule has 0 amide bonds. The van der Waals surface area contributed by atoms with Crippen LogP contribution < -0.4 is 5.73 Å². The number of hydrogen-bond acceptors (Lipinski definition) is 3. The fourth-order valence-electron chi connectivity index (χ4n) is 1.46. The zero-order valence-corrected chi connectivity index (χ0v) is 9.90. The summed E-state index contributed by atoms with van der Waals surface area (Å²) in [5.74, 6) is -0.141. The van der Waals surface area contributed by atoms with Crippen molar-refractivity contribution in [1.29, 1.82) is 0 Å². The van der Waals surface area contributed by atoms with E-state index in [4.69, 9.17) is 10.5 Å². The minimum Gasteiger partial charge on any atom is -0.461 e. The van der Waals surface area contributed by atoms with Gasteiger partial charge in [-0.05, 0) is 24.1 Å². The van der Waals surface area contributed by atoms with E-state index in [1.54, 1.807) is 12.1 Å². The number of nitrogens with two attached hydrogens (primary N) is 1. The van der Waals surface area contributed by atoms with Crippen molar-refractivity contribution in [1.82, 2.24) is 0 Å². The van der Waals surface area contributed by atoms with E-state index in [1.165, 1.54) is 0 Å². The maximum Gasteiger partial charge on any atom is 0.308 e. The third-order valence-corrected chi connectivity index (χ3v) is 2.48. The minimum absolute atomic E-state index is 0.0150. The fraction of sp³-hybridized carbons (Fsp3) is 0.462. The molecular formula is C13H19NO2. The number of carbonyl (C=O) groups is 1. The summed E-state index contributed by atoms with van der Waals surface area (Å²) >= 11 is 0. The highest BCUT2D eigenvalue weighted by Gasteiger charge is 2.12. The lowest BCUT2D eigenvalue weighted by Gasteiger charge is -2.10. The molecule has 1 rings (SSSR count). The Morgan fingerprint density at radius 2 is 2.00 bits per heavy atom. The molecule has 16 heavy (non-hydrogen) atoms. The van der Waals surface area contributed by atoms with Crippen molar-refractivity contribution >= 4 is 11.7 Å². The van der Waals surface area contributed by atoms with Gasteiger partial charge in [0.25, 0.3) is 0 Å². The van der Waals surface area contributed by atoms with Crippen molar-refractivity contribution in [3.63, 3.8) is 0 Å². The van der Waals surface area contributed by atoms with Crippen molar-refractivity contribution in [2.75, 3.05) is 5.73 Å². The van der Waals surface area contributed by atoms with Gasteiger partial charge in [0.05, 0.1) is 5.92 Å². The summed E-state index contributed by atoms with van der Waals surface area (Å²) < 4.78 is 5.20. The number of nitrogen functional groups attached to an aromatic ring is 1. The molecule has 1 aromatic carbocycles. The van der Waals surface area contributed by atoms with Gasteiger partial charge >= 0.3 is 5.97 Å². The molecule has 0 heterocycles. The summed E-state index contributed by atoms with van der Waals surface area (Å²) in [6.45, 7) is 4.28. The predicted molar refractivity (Wildman–Crippen MR) is 64.7 cm³/mol. The molecule has 3 nitrogen and oxygen atoms in total. The van der Waals surface area contributed by atoms with Gasteiger partial charge in [0, 0.05) is 5.69 Å². The minimum atomic E-state index is -0.126. The van der Waals surface area contributed by atoms with Gasteiger partial charge in [-0.2, -0.15) is 0 Å². The molecule has 0 aliphatic rings. The number of esters is 1. The Hall–Kier alpha value is -1.51. The molecule has 0 bridgehead atoms.